The summed E-state index contributed by atoms with van der Waals surface area (Å²) in [5, 5.41) is 11.6. The first-order valence-corrected chi connectivity index (χ1v) is 6.96. The van der Waals surface area contributed by atoms with Crippen molar-refractivity contribution in [3.05, 3.63) is 35.4 Å². The van der Waals surface area contributed by atoms with Crippen molar-refractivity contribution >= 4 is 11.9 Å². The van der Waals surface area contributed by atoms with E-state index in [0.717, 1.165) is 6.07 Å². The van der Waals surface area contributed by atoms with Gasteiger partial charge in [-0.1, -0.05) is 24.6 Å². The van der Waals surface area contributed by atoms with E-state index < -0.39 is 42.0 Å². The van der Waals surface area contributed by atoms with Crippen LogP contribution >= 0.6 is 0 Å². The van der Waals surface area contributed by atoms with Crippen molar-refractivity contribution in [1.29, 1.82) is 0 Å². The first kappa shape index (κ1) is 16.3. The Morgan fingerprint density at radius 3 is 2.55 bits per heavy atom. The van der Waals surface area contributed by atoms with Gasteiger partial charge in [0.15, 0.2) is 0 Å². The number of carbonyl (C=O) groups excluding carboxylic acids is 1. The van der Waals surface area contributed by atoms with Crippen molar-refractivity contribution in [1.82, 2.24) is 5.32 Å². The van der Waals surface area contributed by atoms with Gasteiger partial charge < -0.3 is 10.4 Å². The molecule has 1 aliphatic rings. The lowest BCUT2D eigenvalue weighted by atomic mass is 10.0. The van der Waals surface area contributed by atoms with Crippen molar-refractivity contribution in [2.75, 3.05) is 0 Å². The molecule has 22 heavy (non-hydrogen) atoms. The summed E-state index contributed by atoms with van der Waals surface area (Å²) in [7, 11) is 0. The lowest BCUT2D eigenvalue weighted by Crippen LogP contribution is -2.41. The molecule has 1 aliphatic carbocycles. The van der Waals surface area contributed by atoms with Crippen molar-refractivity contribution < 1.29 is 27.9 Å². The number of alkyl halides is 3. The highest BCUT2D eigenvalue weighted by atomic mass is 19.4. The normalized spacial score (nSPS) is 21.6. The number of nitrogens with one attached hydrogen (secondary N) is 1. The third-order valence-electron chi connectivity index (χ3n) is 3.85. The Labute approximate surface area is 125 Å². The lowest BCUT2D eigenvalue weighted by Gasteiger charge is -2.18. The minimum atomic E-state index is -4.52. The van der Waals surface area contributed by atoms with Gasteiger partial charge in [-0.2, -0.15) is 13.2 Å². The molecule has 2 N–H and O–H groups in total. The minimum absolute atomic E-state index is 0.114. The molecule has 0 bridgehead atoms. The van der Waals surface area contributed by atoms with E-state index in [1.807, 2.05) is 0 Å². The average molecular weight is 315 g/mol. The maximum Gasteiger partial charge on any atom is 0.416 e. The summed E-state index contributed by atoms with van der Waals surface area (Å²) in [6, 6.07) is 4.38. The van der Waals surface area contributed by atoms with Crippen LogP contribution in [0.4, 0.5) is 13.2 Å². The van der Waals surface area contributed by atoms with Crippen molar-refractivity contribution in [3.8, 4) is 0 Å². The van der Waals surface area contributed by atoms with Crippen LogP contribution in [0.15, 0.2) is 24.3 Å². The van der Waals surface area contributed by atoms with E-state index >= 15 is 0 Å². The fraction of sp³-hybridized carbons (Fsp3) is 0.467. The highest BCUT2D eigenvalue weighted by Crippen LogP contribution is 2.32. The van der Waals surface area contributed by atoms with Crippen LogP contribution in [0.1, 0.15) is 30.4 Å². The number of rotatable bonds is 4. The van der Waals surface area contributed by atoms with E-state index in [9.17, 15) is 22.8 Å². The summed E-state index contributed by atoms with van der Waals surface area (Å²) in [5.41, 5.74) is -0.955. The van der Waals surface area contributed by atoms with Crippen LogP contribution in [0.5, 0.6) is 0 Å². The van der Waals surface area contributed by atoms with Crippen LogP contribution < -0.4 is 5.32 Å². The monoisotopic (exact) mass is 315 g/mol. The Kier molecular flexibility index (Phi) is 4.73. The SMILES string of the molecule is O=C(Cc1ccccc1C(F)(F)F)N[C@H]1CCC[C@H]1C(=O)O. The van der Waals surface area contributed by atoms with Gasteiger partial charge >= 0.3 is 12.1 Å². The van der Waals surface area contributed by atoms with Gasteiger partial charge in [-0.25, -0.2) is 0 Å². The summed E-state index contributed by atoms with van der Waals surface area (Å²) < 4.78 is 38.6. The summed E-state index contributed by atoms with van der Waals surface area (Å²) >= 11 is 0. The molecule has 2 atom stereocenters. The molecule has 0 spiro atoms. The number of carboxylic acids is 1. The van der Waals surface area contributed by atoms with Crippen molar-refractivity contribution in [3.63, 3.8) is 0 Å². The number of benzene rings is 1. The number of hydrogen-bond donors (Lipinski definition) is 2. The highest BCUT2D eigenvalue weighted by molar-refractivity contribution is 5.80. The summed E-state index contributed by atoms with van der Waals surface area (Å²) in [4.78, 5) is 23.0. The fourth-order valence-corrected chi connectivity index (χ4v) is 2.81. The van der Waals surface area contributed by atoms with Crippen molar-refractivity contribution in [2.24, 2.45) is 5.92 Å². The van der Waals surface area contributed by atoms with E-state index in [4.69, 9.17) is 5.11 Å². The molecule has 0 unspecified atom stereocenters. The number of carbonyl (C=O) groups is 2. The maximum absolute atomic E-state index is 12.9. The van der Waals surface area contributed by atoms with Gasteiger partial charge in [-0.05, 0) is 24.5 Å². The van der Waals surface area contributed by atoms with Crippen LogP contribution in [-0.4, -0.2) is 23.0 Å². The van der Waals surface area contributed by atoms with Crippen molar-refractivity contribution in [2.45, 2.75) is 37.9 Å². The number of amides is 1. The molecule has 7 heteroatoms. The second-order valence-corrected chi connectivity index (χ2v) is 5.38. The summed E-state index contributed by atoms with van der Waals surface area (Å²) in [6.45, 7) is 0. The molecule has 0 aromatic heterocycles. The number of carboxylic acid groups (broad SMARTS) is 1. The van der Waals surface area contributed by atoms with Gasteiger partial charge in [-0.15, -0.1) is 0 Å². The molecule has 1 fully saturated rings. The second kappa shape index (κ2) is 6.37. The highest BCUT2D eigenvalue weighted by Gasteiger charge is 2.35. The maximum atomic E-state index is 12.9. The van der Waals surface area contributed by atoms with Gasteiger partial charge in [0.25, 0.3) is 0 Å². The Balaban J connectivity index is 2.06. The first-order chi connectivity index (χ1) is 10.3. The standard InChI is InChI=1S/C15H16F3NO3/c16-15(17,18)11-6-2-1-4-9(11)8-13(20)19-12-7-3-5-10(12)14(21)22/h1-2,4,6,10,12H,3,5,7-8H2,(H,19,20)(H,21,22)/t10-,12+/m1/s1. The Hall–Kier alpha value is -2.05. The van der Waals surface area contributed by atoms with E-state index in [1.54, 1.807) is 0 Å². The minimum Gasteiger partial charge on any atom is -0.481 e. The van der Waals surface area contributed by atoms with E-state index in [0.29, 0.717) is 19.3 Å². The predicted molar refractivity (Wildman–Crippen MR) is 72.1 cm³/mol. The summed E-state index contributed by atoms with van der Waals surface area (Å²) in [5.74, 6) is -2.24. The zero-order valence-corrected chi connectivity index (χ0v) is 11.7. The lowest BCUT2D eigenvalue weighted by molar-refractivity contribution is -0.142. The Morgan fingerprint density at radius 2 is 1.91 bits per heavy atom. The quantitative estimate of drug-likeness (QED) is 0.897. The number of halogens is 3. The average Bonchev–Trinajstić information content (AvgIpc) is 2.86. The molecule has 1 aromatic carbocycles. The largest absolute Gasteiger partial charge is 0.481 e. The Morgan fingerprint density at radius 1 is 1.23 bits per heavy atom. The van der Waals surface area contributed by atoms with Gasteiger partial charge in [0.05, 0.1) is 17.9 Å². The van der Waals surface area contributed by atoms with Gasteiger partial charge in [0, 0.05) is 6.04 Å². The first-order valence-electron chi connectivity index (χ1n) is 6.96. The van der Waals surface area contributed by atoms with Crippen LogP contribution in [0.25, 0.3) is 0 Å². The third kappa shape index (κ3) is 3.78. The molecule has 1 aromatic rings. The zero-order chi connectivity index (χ0) is 16.3. The molecule has 120 valence electrons. The fourth-order valence-electron chi connectivity index (χ4n) is 2.81. The topological polar surface area (TPSA) is 66.4 Å². The van der Waals surface area contributed by atoms with Crippen LogP contribution in [0.2, 0.25) is 0 Å². The molecule has 4 nitrogen and oxygen atoms in total. The molecule has 0 heterocycles. The third-order valence-corrected chi connectivity index (χ3v) is 3.85. The van der Waals surface area contributed by atoms with Gasteiger partial charge in [0.1, 0.15) is 0 Å². The number of aliphatic carboxylic acids is 1. The molecule has 1 amide bonds. The Bertz CT molecular complexity index is 571. The van der Waals surface area contributed by atoms with Gasteiger partial charge in [0.2, 0.25) is 5.91 Å². The number of hydrogen-bond acceptors (Lipinski definition) is 2. The van der Waals surface area contributed by atoms with Crippen LogP contribution in [-0.2, 0) is 22.2 Å². The molecular formula is C15H16F3NO3. The van der Waals surface area contributed by atoms with Crippen LogP contribution in [0, 0.1) is 5.92 Å². The molecule has 0 aliphatic heterocycles. The van der Waals surface area contributed by atoms with E-state index in [1.165, 1.54) is 18.2 Å². The van der Waals surface area contributed by atoms with E-state index in [-0.39, 0.29) is 5.56 Å². The molecule has 1 saturated carbocycles. The second-order valence-electron chi connectivity index (χ2n) is 5.38. The van der Waals surface area contributed by atoms with Gasteiger partial charge in [-0.3, -0.25) is 9.59 Å². The smallest absolute Gasteiger partial charge is 0.416 e. The van der Waals surface area contributed by atoms with Crippen LogP contribution in [0.3, 0.4) is 0 Å². The molecule has 0 saturated heterocycles. The van der Waals surface area contributed by atoms with E-state index in [2.05, 4.69) is 5.32 Å². The summed E-state index contributed by atoms with van der Waals surface area (Å²) in [6.07, 6.45) is -3.25. The predicted octanol–water partition coefficient (Wildman–Crippen LogP) is 2.62. The molecule has 0 radical (unpaired) electrons. The molecular weight excluding hydrogens is 299 g/mol. The molecule has 2 rings (SSSR count). The zero-order valence-electron chi connectivity index (χ0n) is 11.7.